The van der Waals surface area contributed by atoms with Crippen LogP contribution in [0.3, 0.4) is 0 Å². The van der Waals surface area contributed by atoms with Crippen LogP contribution in [-0.2, 0) is 17.3 Å². The maximum atomic E-state index is 11.1. The molecule has 0 amide bonds. The van der Waals surface area contributed by atoms with Crippen LogP contribution in [0.2, 0.25) is 0 Å². The normalized spacial score (nSPS) is 19.2. The zero-order chi connectivity index (χ0) is 12.3. The largest absolute Gasteiger partial charge is 0.331 e. The van der Waals surface area contributed by atoms with Crippen molar-refractivity contribution >= 4 is 10.8 Å². The Morgan fingerprint density at radius 2 is 2.41 bits per heavy atom. The van der Waals surface area contributed by atoms with Crippen molar-refractivity contribution in [2.24, 2.45) is 0 Å². The Kier molecular flexibility index (Phi) is 4.34. The van der Waals surface area contributed by atoms with Crippen molar-refractivity contribution in [3.8, 4) is 0 Å². The van der Waals surface area contributed by atoms with Gasteiger partial charge in [-0.2, -0.15) is 0 Å². The lowest BCUT2D eigenvalue weighted by Gasteiger charge is -2.16. The van der Waals surface area contributed by atoms with Crippen LogP contribution < -0.4 is 5.32 Å². The van der Waals surface area contributed by atoms with Crippen LogP contribution >= 0.6 is 0 Å². The second kappa shape index (κ2) is 5.78. The van der Waals surface area contributed by atoms with Crippen molar-refractivity contribution in [3.63, 3.8) is 0 Å². The summed E-state index contributed by atoms with van der Waals surface area (Å²) in [5.41, 5.74) is 1.23. The Balaban J connectivity index is 1.89. The smallest absolute Gasteiger partial charge is 0.0951 e. The van der Waals surface area contributed by atoms with E-state index in [0.717, 1.165) is 24.8 Å². The highest BCUT2D eigenvalue weighted by Crippen LogP contribution is 2.20. The Labute approximate surface area is 105 Å². The van der Waals surface area contributed by atoms with Gasteiger partial charge in [0.05, 0.1) is 12.0 Å². The summed E-state index contributed by atoms with van der Waals surface area (Å²) in [7, 11) is -0.705. The summed E-state index contributed by atoms with van der Waals surface area (Å²) in [6, 6.07) is 1.09. The molecule has 1 fully saturated rings. The Bertz CT molecular complexity index is 387. The average Bonchev–Trinajstić information content (AvgIpc) is 3.00. The van der Waals surface area contributed by atoms with Crippen molar-refractivity contribution in [1.82, 2.24) is 14.9 Å². The summed E-state index contributed by atoms with van der Waals surface area (Å²) in [6.07, 6.45) is 9.12. The van der Waals surface area contributed by atoms with Gasteiger partial charge < -0.3 is 9.88 Å². The molecule has 1 aliphatic carbocycles. The molecule has 0 saturated heterocycles. The topological polar surface area (TPSA) is 46.9 Å². The molecule has 1 aromatic heterocycles. The molecule has 1 aliphatic rings. The van der Waals surface area contributed by atoms with Gasteiger partial charge >= 0.3 is 0 Å². The van der Waals surface area contributed by atoms with Crippen LogP contribution in [0.15, 0.2) is 12.5 Å². The molecule has 0 aromatic carbocycles. The molecule has 5 heteroatoms. The van der Waals surface area contributed by atoms with Gasteiger partial charge in [-0.15, -0.1) is 0 Å². The molecule has 2 unspecified atom stereocenters. The van der Waals surface area contributed by atoms with E-state index >= 15 is 0 Å². The van der Waals surface area contributed by atoms with Crippen molar-refractivity contribution < 1.29 is 4.21 Å². The van der Waals surface area contributed by atoms with Gasteiger partial charge in [0, 0.05) is 47.6 Å². The summed E-state index contributed by atoms with van der Waals surface area (Å²) < 4.78 is 13.3. The highest BCUT2D eigenvalue weighted by Gasteiger charge is 2.21. The van der Waals surface area contributed by atoms with Crippen LogP contribution in [-0.4, -0.2) is 31.8 Å². The van der Waals surface area contributed by atoms with Crippen LogP contribution in [0.4, 0.5) is 0 Å². The minimum Gasteiger partial charge on any atom is -0.331 e. The minimum atomic E-state index is -0.705. The standard InChI is InChI=1S/C12H21N3OS/c1-10(5-6-17(2)16)15-9-13-7-12(15)8-14-11-3-4-11/h7,9-11,14H,3-6,8H2,1-2H3. The molecule has 1 heterocycles. The first-order chi connectivity index (χ1) is 8.16. The number of hydrogen-bond acceptors (Lipinski definition) is 3. The van der Waals surface area contributed by atoms with E-state index in [1.165, 1.54) is 18.5 Å². The molecule has 0 bridgehead atoms. The van der Waals surface area contributed by atoms with E-state index in [1.54, 1.807) is 6.26 Å². The molecule has 96 valence electrons. The summed E-state index contributed by atoms with van der Waals surface area (Å²) >= 11 is 0. The number of nitrogens with zero attached hydrogens (tertiary/aromatic N) is 2. The fourth-order valence-corrected chi connectivity index (χ4v) is 2.55. The Morgan fingerprint density at radius 1 is 1.65 bits per heavy atom. The molecule has 0 spiro atoms. The fraction of sp³-hybridized carbons (Fsp3) is 0.750. The molecule has 1 saturated carbocycles. The highest BCUT2D eigenvalue weighted by molar-refractivity contribution is 7.84. The van der Waals surface area contributed by atoms with Crippen molar-refractivity contribution in [3.05, 3.63) is 18.2 Å². The third kappa shape index (κ3) is 3.92. The van der Waals surface area contributed by atoms with E-state index in [2.05, 4.69) is 21.8 Å². The number of rotatable bonds is 7. The maximum Gasteiger partial charge on any atom is 0.0951 e. The van der Waals surface area contributed by atoms with Gasteiger partial charge in [0.15, 0.2) is 0 Å². The zero-order valence-corrected chi connectivity index (χ0v) is 11.4. The molecule has 1 N–H and O–H groups in total. The minimum absolute atomic E-state index is 0.373. The first-order valence-corrected chi connectivity index (χ1v) is 7.93. The molecule has 0 radical (unpaired) electrons. The van der Waals surface area contributed by atoms with E-state index in [0.29, 0.717) is 6.04 Å². The van der Waals surface area contributed by atoms with Crippen LogP contribution in [0, 0.1) is 0 Å². The Hall–Kier alpha value is -0.680. The van der Waals surface area contributed by atoms with E-state index in [9.17, 15) is 4.21 Å². The van der Waals surface area contributed by atoms with Gasteiger partial charge in [-0.25, -0.2) is 4.98 Å². The average molecular weight is 255 g/mol. The first-order valence-electron chi connectivity index (χ1n) is 6.21. The van der Waals surface area contributed by atoms with E-state index < -0.39 is 10.8 Å². The highest BCUT2D eigenvalue weighted by atomic mass is 32.2. The summed E-state index contributed by atoms with van der Waals surface area (Å²) in [5, 5.41) is 3.50. The van der Waals surface area contributed by atoms with Crippen LogP contribution in [0.5, 0.6) is 0 Å². The molecule has 4 nitrogen and oxygen atoms in total. The maximum absolute atomic E-state index is 11.1. The second-order valence-corrected chi connectivity index (χ2v) is 6.42. The molecular weight excluding hydrogens is 234 g/mol. The number of hydrogen-bond donors (Lipinski definition) is 1. The monoisotopic (exact) mass is 255 g/mol. The summed E-state index contributed by atoms with van der Waals surface area (Å²) in [4.78, 5) is 4.22. The van der Waals surface area contributed by atoms with Crippen molar-refractivity contribution in [2.75, 3.05) is 12.0 Å². The Morgan fingerprint density at radius 3 is 3.06 bits per heavy atom. The zero-order valence-electron chi connectivity index (χ0n) is 10.6. The van der Waals surface area contributed by atoms with Gasteiger partial charge in [0.1, 0.15) is 0 Å². The summed E-state index contributed by atoms with van der Waals surface area (Å²) in [6.45, 7) is 3.05. The van der Waals surface area contributed by atoms with E-state index in [-0.39, 0.29) is 0 Å². The SMILES string of the molecule is CC(CCS(C)=O)n1cncc1CNC1CC1. The molecule has 2 rings (SSSR count). The van der Waals surface area contributed by atoms with Crippen molar-refractivity contribution in [2.45, 2.75) is 44.8 Å². The van der Waals surface area contributed by atoms with Gasteiger partial charge in [0.2, 0.25) is 0 Å². The quantitative estimate of drug-likeness (QED) is 0.802. The lowest BCUT2D eigenvalue weighted by atomic mass is 10.2. The third-order valence-corrected chi connectivity index (χ3v) is 4.00. The van der Waals surface area contributed by atoms with Gasteiger partial charge in [-0.05, 0) is 26.2 Å². The van der Waals surface area contributed by atoms with E-state index in [4.69, 9.17) is 0 Å². The molecule has 1 aromatic rings. The van der Waals surface area contributed by atoms with Crippen LogP contribution in [0.1, 0.15) is 37.9 Å². The predicted molar refractivity (Wildman–Crippen MR) is 70.4 cm³/mol. The number of aromatic nitrogens is 2. The summed E-state index contributed by atoms with van der Waals surface area (Å²) in [5.74, 6) is 0.759. The molecule has 17 heavy (non-hydrogen) atoms. The predicted octanol–water partition coefficient (Wildman–Crippen LogP) is 1.46. The first kappa shape index (κ1) is 12.8. The molecule has 2 atom stereocenters. The fourth-order valence-electron chi connectivity index (χ4n) is 1.88. The van der Waals surface area contributed by atoms with Crippen LogP contribution in [0.25, 0.3) is 0 Å². The van der Waals surface area contributed by atoms with Gasteiger partial charge in [-0.1, -0.05) is 0 Å². The number of nitrogens with one attached hydrogen (secondary N) is 1. The third-order valence-electron chi connectivity index (χ3n) is 3.19. The molecular formula is C12H21N3OS. The lowest BCUT2D eigenvalue weighted by Crippen LogP contribution is -2.19. The van der Waals surface area contributed by atoms with Crippen molar-refractivity contribution in [1.29, 1.82) is 0 Å². The van der Waals surface area contributed by atoms with Gasteiger partial charge in [-0.3, -0.25) is 4.21 Å². The van der Waals surface area contributed by atoms with Gasteiger partial charge in [0.25, 0.3) is 0 Å². The second-order valence-electron chi connectivity index (χ2n) is 4.86. The molecule has 0 aliphatic heterocycles. The number of imidazole rings is 1. The lowest BCUT2D eigenvalue weighted by molar-refractivity contribution is 0.501. The van der Waals surface area contributed by atoms with E-state index in [1.807, 2.05) is 12.5 Å².